The van der Waals surface area contributed by atoms with Crippen molar-refractivity contribution in [2.75, 3.05) is 18.4 Å². The molecule has 3 aliphatic rings. The number of nitrogens with zero attached hydrogens (tertiary/aromatic N) is 2. The van der Waals surface area contributed by atoms with Crippen molar-refractivity contribution in [3.8, 4) is 0 Å². The summed E-state index contributed by atoms with van der Waals surface area (Å²) in [5.41, 5.74) is 0.452. The summed E-state index contributed by atoms with van der Waals surface area (Å²) in [5.74, 6) is 0.502. The quantitative estimate of drug-likeness (QED) is 0.826. The van der Waals surface area contributed by atoms with Crippen LogP contribution in [0.4, 0.5) is 9.93 Å². The highest BCUT2D eigenvalue weighted by atomic mass is 32.1. The normalized spacial score (nSPS) is 34.5. The van der Waals surface area contributed by atoms with Crippen LogP contribution in [0.2, 0.25) is 0 Å². The van der Waals surface area contributed by atoms with Crippen LogP contribution < -0.4 is 10.6 Å². The Balaban J connectivity index is 1.36. The maximum atomic E-state index is 12.9. The molecule has 2 N–H and O–H groups in total. The van der Waals surface area contributed by atoms with Crippen LogP contribution in [0, 0.1) is 22.7 Å². The van der Waals surface area contributed by atoms with Gasteiger partial charge in [-0.2, -0.15) is 0 Å². The van der Waals surface area contributed by atoms with Gasteiger partial charge in [0.15, 0.2) is 5.13 Å². The van der Waals surface area contributed by atoms with E-state index in [4.69, 9.17) is 0 Å². The number of thiazole rings is 1. The zero-order valence-electron chi connectivity index (χ0n) is 16.5. The first kappa shape index (κ1) is 18.7. The minimum absolute atomic E-state index is 0.00340. The lowest BCUT2D eigenvalue weighted by atomic mass is 9.69. The number of fused-ring (bicyclic) bond motifs is 2. The third-order valence-corrected chi connectivity index (χ3v) is 8.52. The fourth-order valence-electron chi connectivity index (χ4n) is 5.53. The van der Waals surface area contributed by atoms with Crippen molar-refractivity contribution in [2.24, 2.45) is 22.7 Å². The Labute approximate surface area is 165 Å². The Morgan fingerprint density at radius 2 is 2.11 bits per heavy atom. The number of aromatic nitrogens is 1. The van der Waals surface area contributed by atoms with Gasteiger partial charge in [-0.15, -0.1) is 11.3 Å². The number of anilines is 1. The standard InChI is InChI=1S/C20H30N4O2S/c1-19(2)14-6-7-20(19,3)15(11-14)22-18(26)24-9-4-5-13(12-24)16(25)23-17-21-8-10-27-17/h8,10,13-15H,4-7,9,11-12H2,1-3H3,(H,22,26)(H,21,23,25)/t13-,14+,15+,20+/m1/s1. The van der Waals surface area contributed by atoms with Gasteiger partial charge in [-0.3, -0.25) is 4.79 Å². The molecule has 3 fully saturated rings. The molecule has 0 unspecified atom stereocenters. The second-order valence-electron chi connectivity index (χ2n) is 9.22. The molecule has 2 heterocycles. The Bertz CT molecular complexity index is 720. The van der Waals surface area contributed by atoms with Gasteiger partial charge in [0.05, 0.1) is 5.92 Å². The molecule has 4 atom stereocenters. The predicted octanol–water partition coefficient (Wildman–Crippen LogP) is 3.72. The van der Waals surface area contributed by atoms with Gasteiger partial charge in [0.25, 0.3) is 0 Å². The average molecular weight is 391 g/mol. The van der Waals surface area contributed by atoms with Crippen LogP contribution in [-0.4, -0.2) is 41.0 Å². The fraction of sp³-hybridized carbons (Fsp3) is 0.750. The lowest BCUT2D eigenvalue weighted by Gasteiger charge is -2.41. The van der Waals surface area contributed by atoms with Gasteiger partial charge in [0.1, 0.15) is 0 Å². The van der Waals surface area contributed by atoms with Gasteiger partial charge in [0.2, 0.25) is 5.91 Å². The summed E-state index contributed by atoms with van der Waals surface area (Å²) in [6.45, 7) is 8.27. The largest absolute Gasteiger partial charge is 0.335 e. The van der Waals surface area contributed by atoms with Gasteiger partial charge in [-0.05, 0) is 48.9 Å². The summed E-state index contributed by atoms with van der Waals surface area (Å²) in [6, 6.07) is 0.236. The molecular weight excluding hydrogens is 360 g/mol. The number of urea groups is 1. The summed E-state index contributed by atoms with van der Waals surface area (Å²) >= 11 is 1.41. The molecule has 2 bridgehead atoms. The maximum Gasteiger partial charge on any atom is 0.317 e. The zero-order valence-corrected chi connectivity index (χ0v) is 17.3. The van der Waals surface area contributed by atoms with Crippen LogP contribution in [0.1, 0.15) is 52.9 Å². The van der Waals surface area contributed by atoms with Gasteiger partial charge in [-0.25, -0.2) is 9.78 Å². The second kappa shape index (κ2) is 6.76. The van der Waals surface area contributed by atoms with Gasteiger partial charge < -0.3 is 15.5 Å². The third-order valence-electron chi connectivity index (χ3n) is 7.83. The van der Waals surface area contributed by atoms with Gasteiger partial charge in [0, 0.05) is 30.7 Å². The lowest BCUT2D eigenvalue weighted by molar-refractivity contribution is -0.121. The van der Waals surface area contributed by atoms with Crippen LogP contribution in [-0.2, 0) is 4.79 Å². The van der Waals surface area contributed by atoms with Gasteiger partial charge >= 0.3 is 6.03 Å². The van der Waals surface area contributed by atoms with E-state index in [1.165, 1.54) is 24.2 Å². The summed E-state index contributed by atoms with van der Waals surface area (Å²) in [7, 11) is 0. The number of amides is 3. The highest BCUT2D eigenvalue weighted by Crippen LogP contribution is 2.65. The summed E-state index contributed by atoms with van der Waals surface area (Å²) in [5, 5.41) is 8.66. The molecule has 27 heavy (non-hydrogen) atoms. The molecular formula is C20H30N4O2S. The van der Waals surface area contributed by atoms with Crippen molar-refractivity contribution in [1.82, 2.24) is 15.2 Å². The van der Waals surface area contributed by atoms with Crippen LogP contribution >= 0.6 is 11.3 Å². The van der Waals surface area contributed by atoms with E-state index < -0.39 is 0 Å². The molecule has 0 radical (unpaired) electrons. The van der Waals surface area contributed by atoms with Crippen molar-refractivity contribution in [3.05, 3.63) is 11.6 Å². The minimum atomic E-state index is -0.166. The number of likely N-dealkylation sites (tertiary alicyclic amines) is 1. The van der Waals surface area contributed by atoms with Crippen molar-refractivity contribution >= 4 is 28.4 Å². The molecule has 148 valence electrons. The Morgan fingerprint density at radius 1 is 1.30 bits per heavy atom. The summed E-state index contributed by atoms with van der Waals surface area (Å²) in [4.78, 5) is 31.4. The molecule has 1 aromatic rings. The molecule has 1 aliphatic heterocycles. The number of carbonyl (C=O) groups excluding carboxylic acids is 2. The van der Waals surface area contributed by atoms with E-state index in [2.05, 4.69) is 36.4 Å². The molecule has 7 heteroatoms. The maximum absolute atomic E-state index is 12.9. The molecule has 3 amide bonds. The Kier molecular flexibility index (Phi) is 4.69. The van der Waals surface area contributed by atoms with E-state index in [1.807, 2.05) is 10.3 Å². The van der Waals surface area contributed by atoms with Crippen LogP contribution in [0.15, 0.2) is 11.6 Å². The number of nitrogens with one attached hydrogen (secondary N) is 2. The first-order chi connectivity index (χ1) is 12.8. The topological polar surface area (TPSA) is 74.3 Å². The molecule has 0 spiro atoms. The van der Waals surface area contributed by atoms with E-state index in [1.54, 1.807) is 6.20 Å². The lowest BCUT2D eigenvalue weighted by Crippen LogP contribution is -2.54. The van der Waals surface area contributed by atoms with E-state index >= 15 is 0 Å². The smallest absolute Gasteiger partial charge is 0.317 e. The van der Waals surface area contributed by atoms with E-state index in [0.29, 0.717) is 17.6 Å². The molecule has 2 aliphatic carbocycles. The first-order valence-electron chi connectivity index (χ1n) is 10.1. The minimum Gasteiger partial charge on any atom is -0.335 e. The van der Waals surface area contributed by atoms with Crippen LogP contribution in [0.5, 0.6) is 0 Å². The zero-order chi connectivity index (χ0) is 19.2. The van der Waals surface area contributed by atoms with Crippen LogP contribution in [0.3, 0.4) is 0 Å². The monoisotopic (exact) mass is 390 g/mol. The molecule has 6 nitrogen and oxygen atoms in total. The number of carbonyl (C=O) groups is 2. The van der Waals surface area contributed by atoms with E-state index in [-0.39, 0.29) is 34.7 Å². The SMILES string of the molecule is CC1(C)[C@H]2CC[C@@]1(C)[C@@H](NC(=O)N1CCC[C@@H](C(=O)Nc3nccs3)C1)C2. The highest BCUT2D eigenvalue weighted by Gasteiger charge is 2.61. The second-order valence-corrected chi connectivity index (χ2v) is 10.1. The molecule has 4 rings (SSSR count). The Hall–Kier alpha value is -1.63. The third kappa shape index (κ3) is 3.13. The van der Waals surface area contributed by atoms with Crippen molar-refractivity contribution < 1.29 is 9.59 Å². The van der Waals surface area contributed by atoms with Crippen LogP contribution in [0.25, 0.3) is 0 Å². The van der Waals surface area contributed by atoms with Crippen molar-refractivity contribution in [3.63, 3.8) is 0 Å². The number of hydrogen-bond acceptors (Lipinski definition) is 4. The predicted molar refractivity (Wildman–Crippen MR) is 107 cm³/mol. The van der Waals surface area contributed by atoms with E-state index in [9.17, 15) is 9.59 Å². The van der Waals surface area contributed by atoms with Crippen molar-refractivity contribution in [1.29, 1.82) is 0 Å². The van der Waals surface area contributed by atoms with E-state index in [0.717, 1.165) is 25.8 Å². The fourth-order valence-corrected chi connectivity index (χ4v) is 6.06. The number of rotatable bonds is 3. The molecule has 1 saturated heterocycles. The molecule has 1 aromatic heterocycles. The average Bonchev–Trinajstić information content (AvgIpc) is 3.28. The first-order valence-corrected chi connectivity index (χ1v) is 10.9. The number of hydrogen-bond donors (Lipinski definition) is 2. The number of piperidine rings is 1. The Morgan fingerprint density at radius 3 is 2.74 bits per heavy atom. The van der Waals surface area contributed by atoms with Crippen molar-refractivity contribution in [2.45, 2.75) is 58.9 Å². The summed E-state index contributed by atoms with van der Waals surface area (Å²) < 4.78 is 0. The summed E-state index contributed by atoms with van der Waals surface area (Å²) in [6.07, 6.45) is 6.90. The molecule has 0 aromatic carbocycles. The highest BCUT2D eigenvalue weighted by molar-refractivity contribution is 7.13. The molecule has 2 saturated carbocycles. The van der Waals surface area contributed by atoms with Gasteiger partial charge in [-0.1, -0.05) is 20.8 Å².